The highest BCUT2D eigenvalue weighted by atomic mass is 35.5. The number of benzene rings is 2. The van der Waals surface area contributed by atoms with Gasteiger partial charge in [0.05, 0.1) is 28.2 Å². The normalized spacial score (nSPS) is 11.7. The lowest BCUT2D eigenvalue weighted by Crippen LogP contribution is -2.22. The second-order valence-corrected chi connectivity index (χ2v) is 15.9. The van der Waals surface area contributed by atoms with Gasteiger partial charge in [0.2, 0.25) is 0 Å². The Morgan fingerprint density at radius 1 is 1.09 bits per heavy atom. The van der Waals surface area contributed by atoms with Crippen LogP contribution in [0, 0.1) is 18.6 Å². The molecule has 186 valence electrons. The van der Waals surface area contributed by atoms with Crippen molar-refractivity contribution < 1.29 is 13.5 Å². The number of nitrogens with zero attached hydrogens (tertiary/aromatic N) is 5. The van der Waals surface area contributed by atoms with E-state index in [1.54, 1.807) is 12.1 Å². The van der Waals surface area contributed by atoms with Crippen molar-refractivity contribution in [3.8, 4) is 0 Å². The summed E-state index contributed by atoms with van der Waals surface area (Å²) in [6.07, 6.45) is 0. The van der Waals surface area contributed by atoms with Crippen molar-refractivity contribution in [3.05, 3.63) is 96.9 Å². The fourth-order valence-corrected chi connectivity index (χ4v) is 4.78. The number of ether oxygens (including phenoxy) is 1. The van der Waals surface area contributed by atoms with Crippen LogP contribution in [-0.4, -0.2) is 24.2 Å². The Bertz CT molecular complexity index is 1200. The van der Waals surface area contributed by atoms with Gasteiger partial charge in [0.25, 0.3) is 0 Å². The fourth-order valence-electron chi connectivity index (χ4n) is 3.65. The Morgan fingerprint density at radius 2 is 1.66 bits per heavy atom. The molecule has 6 nitrogen and oxygen atoms in total. The van der Waals surface area contributed by atoms with Gasteiger partial charge in [0.1, 0.15) is 24.2 Å². The number of azide groups is 1. The van der Waals surface area contributed by atoms with E-state index < -0.39 is 25.6 Å². The molecule has 0 atom stereocenters. The van der Waals surface area contributed by atoms with E-state index in [2.05, 4.69) is 29.7 Å². The average molecular weight is 539 g/mol. The molecule has 0 saturated heterocycles. The minimum absolute atomic E-state index is 0.0452. The van der Waals surface area contributed by atoms with Crippen molar-refractivity contribution in [2.45, 2.75) is 51.8 Å². The van der Waals surface area contributed by atoms with Gasteiger partial charge in [-0.25, -0.2) is 13.8 Å². The topological polar surface area (TPSA) is 75.8 Å². The van der Waals surface area contributed by atoms with Crippen LogP contribution in [-0.2, 0) is 18.0 Å². The molecule has 0 unspecified atom stereocenters. The lowest BCUT2D eigenvalue weighted by atomic mass is 9.90. The molecule has 11 heteroatoms. The van der Waals surface area contributed by atoms with Crippen molar-refractivity contribution in [1.29, 1.82) is 0 Å². The van der Waals surface area contributed by atoms with E-state index in [0.717, 1.165) is 11.7 Å². The van der Waals surface area contributed by atoms with Crippen LogP contribution in [0.2, 0.25) is 35.7 Å². The zero-order chi connectivity index (χ0) is 25.8. The number of imidazole rings is 1. The second kappa shape index (κ2) is 11.5. The smallest absolute Gasteiger partial charge is 0.141 e. The number of hydrogen-bond donors (Lipinski definition) is 0. The Morgan fingerprint density at radius 3 is 2.14 bits per heavy atom. The summed E-state index contributed by atoms with van der Waals surface area (Å²) in [5.41, 5.74) is 11.5. The van der Waals surface area contributed by atoms with Crippen LogP contribution < -0.4 is 0 Å². The van der Waals surface area contributed by atoms with Gasteiger partial charge in [-0.3, -0.25) is 0 Å². The Hall–Kier alpha value is -2.42. The van der Waals surface area contributed by atoms with Crippen molar-refractivity contribution in [3.63, 3.8) is 0 Å². The van der Waals surface area contributed by atoms with Crippen LogP contribution in [0.1, 0.15) is 34.3 Å². The first-order chi connectivity index (χ1) is 16.5. The van der Waals surface area contributed by atoms with Crippen LogP contribution in [0.3, 0.4) is 0 Å². The molecular weight excluding hydrogens is 511 g/mol. The van der Waals surface area contributed by atoms with E-state index in [0.29, 0.717) is 29.3 Å². The van der Waals surface area contributed by atoms with Crippen molar-refractivity contribution >= 4 is 31.3 Å². The molecule has 0 fully saturated rings. The van der Waals surface area contributed by atoms with E-state index >= 15 is 0 Å². The van der Waals surface area contributed by atoms with Gasteiger partial charge < -0.3 is 9.30 Å². The number of aromatic nitrogens is 2. The van der Waals surface area contributed by atoms with E-state index in [-0.39, 0.29) is 23.3 Å². The Balaban J connectivity index is 2.15. The monoisotopic (exact) mass is 537 g/mol. The molecular formula is C24H27Cl2F2N5OSi. The predicted octanol–water partition coefficient (Wildman–Crippen LogP) is 8.08. The zero-order valence-corrected chi connectivity index (χ0v) is 22.5. The van der Waals surface area contributed by atoms with Gasteiger partial charge in [0.15, 0.2) is 0 Å². The number of hydrogen-bond acceptors (Lipinski definition) is 3. The molecule has 0 amide bonds. The average Bonchev–Trinajstić information content (AvgIpc) is 3.09. The first kappa shape index (κ1) is 27.2. The lowest BCUT2D eigenvalue weighted by molar-refractivity contribution is 0.0836. The largest absolute Gasteiger partial charge is 0.361 e. The lowest BCUT2D eigenvalue weighted by Gasteiger charge is -2.22. The third-order valence-corrected chi connectivity index (χ3v) is 7.94. The second-order valence-electron chi connectivity index (χ2n) is 9.45. The van der Waals surface area contributed by atoms with Crippen molar-refractivity contribution in [1.82, 2.24) is 9.55 Å². The van der Waals surface area contributed by atoms with E-state index in [1.165, 1.54) is 24.3 Å². The highest BCUT2D eigenvalue weighted by Crippen LogP contribution is 2.36. The summed E-state index contributed by atoms with van der Waals surface area (Å²) in [5.74, 6) is -1.11. The van der Waals surface area contributed by atoms with Gasteiger partial charge >= 0.3 is 0 Å². The van der Waals surface area contributed by atoms with Gasteiger partial charge in [-0.15, -0.1) is 0 Å². The molecule has 3 rings (SSSR count). The highest BCUT2D eigenvalue weighted by molar-refractivity contribution is 6.76. The molecule has 1 heterocycles. The maximum absolute atomic E-state index is 14.0. The van der Waals surface area contributed by atoms with E-state index in [4.69, 9.17) is 38.5 Å². The maximum atomic E-state index is 14.0. The molecule has 0 saturated carbocycles. The summed E-state index contributed by atoms with van der Waals surface area (Å²) in [5, 5.41) is 3.58. The quantitative estimate of drug-likeness (QED) is 0.0860. The standard InChI is InChI=1S/C24H27Cl2F2N5OSi/c1-15-22(13-30-32-29)31-24(33(15)14-34-9-10-35(2,3)4)23(16-5-7-20(27)18(25)11-16)17-6-8-21(28)19(26)12-17/h5-8,11-12,23H,9-10,13-14H2,1-4H3. The predicted molar refractivity (Wildman–Crippen MR) is 138 cm³/mol. The molecule has 0 aliphatic heterocycles. The molecule has 3 aromatic rings. The molecule has 2 aromatic carbocycles. The van der Waals surface area contributed by atoms with Crippen LogP contribution in [0.15, 0.2) is 41.5 Å². The Labute approximate surface area is 214 Å². The molecule has 35 heavy (non-hydrogen) atoms. The summed E-state index contributed by atoms with van der Waals surface area (Å²) in [6.45, 7) is 9.55. The summed E-state index contributed by atoms with van der Waals surface area (Å²) >= 11 is 12.2. The molecule has 0 aliphatic carbocycles. The number of halogens is 4. The van der Waals surface area contributed by atoms with Crippen LogP contribution >= 0.6 is 23.2 Å². The van der Waals surface area contributed by atoms with Gasteiger partial charge in [-0.05, 0) is 53.9 Å². The molecule has 0 bridgehead atoms. The van der Waals surface area contributed by atoms with Gasteiger partial charge in [0, 0.05) is 25.3 Å². The summed E-state index contributed by atoms with van der Waals surface area (Å²) < 4.78 is 35.9. The van der Waals surface area contributed by atoms with E-state index in [9.17, 15) is 8.78 Å². The zero-order valence-electron chi connectivity index (χ0n) is 20.0. The van der Waals surface area contributed by atoms with Crippen LogP contribution in [0.25, 0.3) is 10.4 Å². The Kier molecular flexibility index (Phi) is 8.96. The van der Waals surface area contributed by atoms with Crippen molar-refractivity contribution in [2.75, 3.05) is 6.61 Å². The van der Waals surface area contributed by atoms with Crippen LogP contribution in [0.5, 0.6) is 0 Å². The highest BCUT2D eigenvalue weighted by Gasteiger charge is 2.27. The van der Waals surface area contributed by atoms with Crippen LogP contribution in [0.4, 0.5) is 8.78 Å². The summed E-state index contributed by atoms with van der Waals surface area (Å²) in [4.78, 5) is 7.63. The first-order valence-corrected chi connectivity index (χ1v) is 15.5. The van der Waals surface area contributed by atoms with Gasteiger partial charge in [-0.2, -0.15) is 0 Å². The summed E-state index contributed by atoms with van der Waals surface area (Å²) in [6, 6.07) is 9.81. The molecule has 0 spiro atoms. The third kappa shape index (κ3) is 6.83. The summed E-state index contributed by atoms with van der Waals surface area (Å²) in [7, 11) is -1.29. The van der Waals surface area contributed by atoms with Gasteiger partial charge in [-0.1, -0.05) is 60.1 Å². The van der Waals surface area contributed by atoms with E-state index in [1.807, 2.05) is 11.5 Å². The minimum Gasteiger partial charge on any atom is -0.361 e. The SMILES string of the molecule is Cc1c(CN=[N+]=[N-])nc(C(c2ccc(F)c(Cl)c2)c2ccc(F)c(Cl)c2)n1COCC[Si](C)(C)C. The third-order valence-electron chi connectivity index (χ3n) is 5.66. The fraction of sp³-hybridized carbons (Fsp3) is 0.375. The molecule has 0 N–H and O–H groups in total. The molecule has 1 aromatic heterocycles. The molecule has 0 radical (unpaired) electrons. The number of rotatable bonds is 10. The maximum Gasteiger partial charge on any atom is 0.141 e. The molecule has 0 aliphatic rings. The van der Waals surface area contributed by atoms with Crippen molar-refractivity contribution in [2.24, 2.45) is 5.11 Å². The first-order valence-electron chi connectivity index (χ1n) is 11.1. The minimum atomic E-state index is -1.29.